The molecule has 6 heteroatoms. The highest BCUT2D eigenvalue weighted by Crippen LogP contribution is 2.26. The molecule has 1 saturated heterocycles. The zero-order valence-corrected chi connectivity index (χ0v) is 10.8. The number of hydrogen-bond acceptors (Lipinski definition) is 4. The smallest absolute Gasteiger partial charge is 0.254 e. The van der Waals surface area contributed by atoms with Crippen LogP contribution in [-0.4, -0.2) is 29.9 Å². The van der Waals surface area contributed by atoms with Gasteiger partial charge in [-0.2, -0.15) is 0 Å². The minimum Gasteiger partial charge on any atom is -0.310 e. The van der Waals surface area contributed by atoms with Crippen molar-refractivity contribution < 1.29 is 8.42 Å². The minimum absolute atomic E-state index is 0.0994. The van der Waals surface area contributed by atoms with Crippen LogP contribution in [0.1, 0.15) is 36.3 Å². The van der Waals surface area contributed by atoms with Gasteiger partial charge in [0.25, 0.3) is 5.56 Å². The van der Waals surface area contributed by atoms with Crippen molar-refractivity contribution in [3.05, 3.63) is 27.4 Å². The first-order valence-corrected chi connectivity index (χ1v) is 7.55. The number of hydrogen-bond donors (Lipinski definition) is 1. The van der Waals surface area contributed by atoms with Crippen LogP contribution in [-0.2, 0) is 16.3 Å². The number of nitrogens with zero attached hydrogens (tertiary/aromatic N) is 1. The molecule has 1 unspecified atom stereocenters. The SMILES string of the molecule is CCc1nc(C2CCS(=O)(=O)C2)[nH]c(=O)c1C. The number of rotatable bonds is 2. The highest BCUT2D eigenvalue weighted by atomic mass is 32.2. The molecular weight excluding hydrogens is 240 g/mol. The van der Waals surface area contributed by atoms with Crippen molar-refractivity contribution >= 4 is 9.84 Å². The third-order valence-electron chi connectivity index (χ3n) is 3.22. The Morgan fingerprint density at radius 1 is 1.47 bits per heavy atom. The predicted octanol–water partition coefficient (Wildman–Crippen LogP) is 0.543. The van der Waals surface area contributed by atoms with Crippen LogP contribution in [0.4, 0.5) is 0 Å². The van der Waals surface area contributed by atoms with E-state index in [4.69, 9.17) is 0 Å². The summed E-state index contributed by atoms with van der Waals surface area (Å²) in [5.41, 5.74) is 1.22. The van der Waals surface area contributed by atoms with E-state index in [-0.39, 0.29) is 23.0 Å². The molecule has 1 atom stereocenters. The topological polar surface area (TPSA) is 79.9 Å². The van der Waals surface area contributed by atoms with E-state index in [2.05, 4.69) is 9.97 Å². The molecule has 0 aliphatic carbocycles. The Kier molecular flexibility index (Phi) is 3.07. The predicted molar refractivity (Wildman–Crippen MR) is 65.0 cm³/mol. The average molecular weight is 256 g/mol. The Morgan fingerprint density at radius 3 is 2.71 bits per heavy atom. The fourth-order valence-electron chi connectivity index (χ4n) is 2.15. The van der Waals surface area contributed by atoms with E-state index in [9.17, 15) is 13.2 Å². The van der Waals surface area contributed by atoms with Crippen LogP contribution in [0.3, 0.4) is 0 Å². The van der Waals surface area contributed by atoms with Crippen molar-refractivity contribution in [1.82, 2.24) is 9.97 Å². The van der Waals surface area contributed by atoms with Crippen LogP contribution < -0.4 is 5.56 Å². The van der Waals surface area contributed by atoms with Crippen molar-refractivity contribution in [3.63, 3.8) is 0 Å². The Hall–Kier alpha value is -1.17. The van der Waals surface area contributed by atoms with Crippen LogP contribution in [0, 0.1) is 6.92 Å². The fourth-order valence-corrected chi connectivity index (χ4v) is 3.89. The number of aromatic nitrogens is 2. The summed E-state index contributed by atoms with van der Waals surface area (Å²) in [5, 5.41) is 0. The van der Waals surface area contributed by atoms with Gasteiger partial charge in [-0.05, 0) is 19.8 Å². The summed E-state index contributed by atoms with van der Waals surface area (Å²) >= 11 is 0. The maximum atomic E-state index is 11.7. The van der Waals surface area contributed by atoms with Gasteiger partial charge in [0.1, 0.15) is 5.82 Å². The summed E-state index contributed by atoms with van der Waals surface area (Å²) < 4.78 is 22.8. The van der Waals surface area contributed by atoms with Gasteiger partial charge in [0.05, 0.1) is 17.2 Å². The van der Waals surface area contributed by atoms with Gasteiger partial charge in [0.15, 0.2) is 9.84 Å². The van der Waals surface area contributed by atoms with Gasteiger partial charge in [-0.1, -0.05) is 6.92 Å². The standard InChI is InChI=1S/C11H16N2O3S/c1-3-9-7(2)11(14)13-10(12-9)8-4-5-17(15,16)6-8/h8H,3-6H2,1-2H3,(H,12,13,14). The molecule has 2 rings (SSSR count). The molecule has 0 aromatic carbocycles. The van der Waals surface area contributed by atoms with Crippen molar-refractivity contribution in [2.24, 2.45) is 0 Å². The second kappa shape index (κ2) is 4.25. The maximum absolute atomic E-state index is 11.7. The lowest BCUT2D eigenvalue weighted by Crippen LogP contribution is -2.20. The molecule has 1 aromatic heterocycles. The molecule has 5 nitrogen and oxygen atoms in total. The second-order valence-electron chi connectivity index (χ2n) is 4.48. The Morgan fingerprint density at radius 2 is 2.18 bits per heavy atom. The van der Waals surface area contributed by atoms with E-state index >= 15 is 0 Å². The molecule has 1 aliphatic rings. The molecule has 17 heavy (non-hydrogen) atoms. The summed E-state index contributed by atoms with van der Waals surface area (Å²) in [7, 11) is -2.95. The van der Waals surface area contributed by atoms with Crippen molar-refractivity contribution in [1.29, 1.82) is 0 Å². The zero-order valence-electron chi connectivity index (χ0n) is 9.99. The van der Waals surface area contributed by atoms with Crippen LogP contribution in [0.2, 0.25) is 0 Å². The number of nitrogens with one attached hydrogen (secondary N) is 1. The third kappa shape index (κ3) is 2.41. The largest absolute Gasteiger partial charge is 0.310 e. The zero-order chi connectivity index (χ0) is 12.6. The number of sulfone groups is 1. The summed E-state index contributed by atoms with van der Waals surface area (Å²) in [6.07, 6.45) is 1.24. The molecule has 1 aliphatic heterocycles. The molecule has 94 valence electrons. The summed E-state index contributed by atoms with van der Waals surface area (Å²) in [5.74, 6) is 0.663. The number of aryl methyl sites for hydroxylation is 1. The Labute approximate surface area is 100 Å². The van der Waals surface area contributed by atoms with Gasteiger partial charge in [-0.15, -0.1) is 0 Å². The van der Waals surface area contributed by atoms with Gasteiger partial charge in [-0.3, -0.25) is 4.79 Å². The summed E-state index contributed by atoms with van der Waals surface area (Å²) in [6, 6.07) is 0. The lowest BCUT2D eigenvalue weighted by atomic mass is 10.1. The molecule has 0 saturated carbocycles. The van der Waals surface area contributed by atoms with E-state index in [1.807, 2.05) is 6.92 Å². The van der Waals surface area contributed by atoms with Crippen LogP contribution >= 0.6 is 0 Å². The monoisotopic (exact) mass is 256 g/mol. The summed E-state index contributed by atoms with van der Waals surface area (Å²) in [4.78, 5) is 18.8. The molecule has 0 radical (unpaired) electrons. The Balaban J connectivity index is 2.41. The van der Waals surface area contributed by atoms with Crippen molar-refractivity contribution in [2.75, 3.05) is 11.5 Å². The lowest BCUT2D eigenvalue weighted by molar-refractivity contribution is 0.601. The van der Waals surface area contributed by atoms with Crippen LogP contribution in [0.15, 0.2) is 4.79 Å². The minimum atomic E-state index is -2.95. The highest BCUT2D eigenvalue weighted by molar-refractivity contribution is 7.91. The van der Waals surface area contributed by atoms with E-state index in [1.54, 1.807) is 6.92 Å². The normalized spacial score (nSPS) is 22.8. The van der Waals surface area contributed by atoms with Gasteiger partial charge in [0, 0.05) is 11.5 Å². The average Bonchev–Trinajstić information content (AvgIpc) is 2.62. The molecule has 2 heterocycles. The number of aromatic amines is 1. The lowest BCUT2D eigenvalue weighted by Gasteiger charge is -2.09. The van der Waals surface area contributed by atoms with Gasteiger partial charge in [0.2, 0.25) is 0 Å². The fraction of sp³-hybridized carbons (Fsp3) is 0.636. The molecular formula is C11H16N2O3S. The molecule has 0 bridgehead atoms. The molecule has 0 spiro atoms. The molecule has 1 fully saturated rings. The van der Waals surface area contributed by atoms with Crippen LogP contribution in [0.25, 0.3) is 0 Å². The first-order valence-electron chi connectivity index (χ1n) is 5.73. The van der Waals surface area contributed by atoms with E-state index in [0.29, 0.717) is 24.2 Å². The molecule has 1 aromatic rings. The van der Waals surface area contributed by atoms with Gasteiger partial charge in [-0.25, -0.2) is 13.4 Å². The Bertz CT molecular complexity index is 589. The first kappa shape index (κ1) is 12.3. The highest BCUT2D eigenvalue weighted by Gasteiger charge is 2.31. The van der Waals surface area contributed by atoms with Gasteiger partial charge < -0.3 is 4.98 Å². The molecule has 0 amide bonds. The molecule has 1 N–H and O–H groups in total. The van der Waals surface area contributed by atoms with Crippen molar-refractivity contribution in [3.8, 4) is 0 Å². The second-order valence-corrected chi connectivity index (χ2v) is 6.71. The summed E-state index contributed by atoms with van der Waals surface area (Å²) in [6.45, 7) is 3.67. The quantitative estimate of drug-likeness (QED) is 0.837. The maximum Gasteiger partial charge on any atom is 0.254 e. The van der Waals surface area contributed by atoms with Gasteiger partial charge >= 0.3 is 0 Å². The van der Waals surface area contributed by atoms with E-state index in [0.717, 1.165) is 5.69 Å². The van der Waals surface area contributed by atoms with E-state index in [1.165, 1.54) is 0 Å². The number of H-pyrrole nitrogens is 1. The van der Waals surface area contributed by atoms with E-state index < -0.39 is 9.84 Å². The first-order chi connectivity index (χ1) is 7.93. The van der Waals surface area contributed by atoms with Crippen molar-refractivity contribution in [2.45, 2.75) is 32.6 Å². The van der Waals surface area contributed by atoms with Crippen LogP contribution in [0.5, 0.6) is 0 Å². The third-order valence-corrected chi connectivity index (χ3v) is 4.99.